The molecular formula is C15H18N4OS. The van der Waals surface area contributed by atoms with Gasteiger partial charge in [-0.05, 0) is 43.6 Å². The molecule has 0 saturated heterocycles. The molecular weight excluding hydrogens is 284 g/mol. The number of hydrogen-bond acceptors (Lipinski definition) is 4. The third-order valence-electron chi connectivity index (χ3n) is 3.70. The van der Waals surface area contributed by atoms with Crippen LogP contribution in [0.3, 0.4) is 0 Å². The van der Waals surface area contributed by atoms with Gasteiger partial charge in [-0.25, -0.2) is 0 Å². The van der Waals surface area contributed by atoms with E-state index >= 15 is 0 Å². The lowest BCUT2D eigenvalue weighted by Crippen LogP contribution is -2.22. The second kappa shape index (κ2) is 5.73. The zero-order valence-corrected chi connectivity index (χ0v) is 12.7. The predicted octanol–water partition coefficient (Wildman–Crippen LogP) is 2.40. The summed E-state index contributed by atoms with van der Waals surface area (Å²) in [5, 5.41) is 8.27. The summed E-state index contributed by atoms with van der Waals surface area (Å²) >= 11 is 5.12. The number of anilines is 1. The molecule has 1 aliphatic heterocycles. The minimum absolute atomic E-state index is 0.252. The largest absolute Gasteiger partial charge is 0.496 e. The Hall–Kier alpha value is -2.08. The highest BCUT2D eigenvalue weighted by molar-refractivity contribution is 7.80. The van der Waals surface area contributed by atoms with Gasteiger partial charge in [0.15, 0.2) is 5.11 Å². The molecule has 0 aliphatic carbocycles. The average molecular weight is 302 g/mol. The summed E-state index contributed by atoms with van der Waals surface area (Å²) in [6.45, 7) is 0.909. The molecule has 6 heteroatoms. The lowest BCUT2D eigenvalue weighted by atomic mass is 10.0. The number of para-hydroxylation sites is 1. The summed E-state index contributed by atoms with van der Waals surface area (Å²) in [7, 11) is 1.67. The van der Waals surface area contributed by atoms with Crippen LogP contribution in [0, 0.1) is 0 Å². The number of aromatic nitrogens is 2. The predicted molar refractivity (Wildman–Crippen MR) is 87.8 cm³/mol. The molecule has 21 heavy (non-hydrogen) atoms. The topological polar surface area (TPSA) is 65.1 Å². The van der Waals surface area contributed by atoms with Gasteiger partial charge >= 0.3 is 0 Å². The summed E-state index contributed by atoms with van der Waals surface area (Å²) in [5.41, 5.74) is 8.83. The quantitative estimate of drug-likeness (QED) is 0.834. The first-order valence-corrected chi connectivity index (χ1v) is 7.42. The van der Waals surface area contributed by atoms with Crippen LogP contribution in [-0.4, -0.2) is 28.5 Å². The van der Waals surface area contributed by atoms with Gasteiger partial charge < -0.3 is 15.8 Å². The van der Waals surface area contributed by atoms with Gasteiger partial charge in [-0.1, -0.05) is 12.1 Å². The molecule has 1 aromatic heterocycles. The molecule has 0 bridgehead atoms. The molecule has 0 radical (unpaired) electrons. The molecule has 0 unspecified atom stereocenters. The van der Waals surface area contributed by atoms with Gasteiger partial charge in [-0.2, -0.15) is 9.78 Å². The number of rotatable bonds is 2. The molecule has 3 rings (SSSR count). The second-order valence-corrected chi connectivity index (χ2v) is 5.43. The van der Waals surface area contributed by atoms with Crippen LogP contribution in [0.4, 0.5) is 5.82 Å². The fraction of sp³-hybridized carbons (Fsp3) is 0.333. The zero-order valence-electron chi connectivity index (χ0n) is 11.9. The van der Waals surface area contributed by atoms with Crippen molar-refractivity contribution in [3.05, 3.63) is 29.8 Å². The zero-order chi connectivity index (χ0) is 14.8. The molecule has 0 amide bonds. The molecule has 0 saturated carbocycles. The van der Waals surface area contributed by atoms with Crippen molar-refractivity contribution in [2.24, 2.45) is 5.73 Å². The number of nitrogens with zero attached hydrogens (tertiary/aromatic N) is 2. The summed E-state index contributed by atoms with van der Waals surface area (Å²) in [6, 6.07) is 7.87. The van der Waals surface area contributed by atoms with Crippen LogP contribution in [0.2, 0.25) is 0 Å². The SMILES string of the molecule is COc1ccccc1-c1nn(C(N)=S)c2c1CCCCN2. The molecule has 1 aliphatic rings. The first-order chi connectivity index (χ1) is 10.2. The van der Waals surface area contributed by atoms with E-state index in [0.29, 0.717) is 0 Å². The van der Waals surface area contributed by atoms with Gasteiger partial charge in [0.2, 0.25) is 0 Å². The Labute approximate surface area is 129 Å². The first kappa shape index (κ1) is 13.9. The minimum Gasteiger partial charge on any atom is -0.496 e. The molecule has 2 heterocycles. The normalized spacial score (nSPS) is 14.0. The average Bonchev–Trinajstić information content (AvgIpc) is 2.69. The standard InChI is InChI=1S/C15H18N4OS/c1-20-12-8-3-2-6-10(12)13-11-7-4-5-9-17-14(11)19(18-13)15(16)21/h2-3,6,8,17H,4-5,7,9H2,1H3,(H2,16,21). The van der Waals surface area contributed by atoms with Crippen molar-refractivity contribution in [1.29, 1.82) is 0 Å². The maximum Gasteiger partial charge on any atom is 0.193 e. The number of benzene rings is 1. The third kappa shape index (κ3) is 2.47. The number of ether oxygens (including phenoxy) is 1. The number of fused-ring (bicyclic) bond motifs is 1. The minimum atomic E-state index is 0.252. The highest BCUT2D eigenvalue weighted by Crippen LogP contribution is 2.36. The maximum absolute atomic E-state index is 5.81. The van der Waals surface area contributed by atoms with E-state index < -0.39 is 0 Å². The van der Waals surface area contributed by atoms with Crippen molar-refractivity contribution < 1.29 is 4.74 Å². The van der Waals surface area contributed by atoms with E-state index in [0.717, 1.165) is 54.2 Å². The smallest absolute Gasteiger partial charge is 0.193 e. The van der Waals surface area contributed by atoms with Crippen molar-refractivity contribution in [3.8, 4) is 17.0 Å². The Kier molecular flexibility index (Phi) is 3.79. The fourth-order valence-electron chi connectivity index (χ4n) is 2.72. The Morgan fingerprint density at radius 1 is 1.38 bits per heavy atom. The van der Waals surface area contributed by atoms with Crippen molar-refractivity contribution in [1.82, 2.24) is 9.78 Å². The first-order valence-electron chi connectivity index (χ1n) is 7.01. The lowest BCUT2D eigenvalue weighted by Gasteiger charge is -2.07. The van der Waals surface area contributed by atoms with E-state index in [1.807, 2.05) is 24.3 Å². The number of hydrogen-bond donors (Lipinski definition) is 2. The summed E-state index contributed by atoms with van der Waals surface area (Å²) in [5.74, 6) is 1.72. The van der Waals surface area contributed by atoms with Gasteiger partial charge in [0.1, 0.15) is 17.3 Å². The van der Waals surface area contributed by atoms with Crippen molar-refractivity contribution in [2.45, 2.75) is 19.3 Å². The summed E-state index contributed by atoms with van der Waals surface area (Å²) in [4.78, 5) is 0. The lowest BCUT2D eigenvalue weighted by molar-refractivity contribution is 0.416. The van der Waals surface area contributed by atoms with E-state index in [9.17, 15) is 0 Å². The number of nitrogens with two attached hydrogens (primary N) is 1. The van der Waals surface area contributed by atoms with E-state index in [-0.39, 0.29) is 5.11 Å². The van der Waals surface area contributed by atoms with Gasteiger partial charge in [0.25, 0.3) is 0 Å². The Balaban J connectivity index is 2.21. The number of methoxy groups -OCH3 is 1. The van der Waals surface area contributed by atoms with Crippen LogP contribution in [0.25, 0.3) is 11.3 Å². The van der Waals surface area contributed by atoms with Crippen LogP contribution < -0.4 is 15.8 Å². The van der Waals surface area contributed by atoms with E-state index in [1.165, 1.54) is 0 Å². The van der Waals surface area contributed by atoms with Crippen LogP contribution >= 0.6 is 12.2 Å². The number of nitrogens with one attached hydrogen (secondary N) is 1. The van der Waals surface area contributed by atoms with Crippen molar-refractivity contribution in [2.75, 3.05) is 19.0 Å². The molecule has 2 aromatic rings. The highest BCUT2D eigenvalue weighted by atomic mass is 32.1. The molecule has 110 valence electrons. The van der Waals surface area contributed by atoms with E-state index in [4.69, 9.17) is 22.7 Å². The Morgan fingerprint density at radius 3 is 2.95 bits per heavy atom. The van der Waals surface area contributed by atoms with Crippen LogP contribution in [-0.2, 0) is 6.42 Å². The third-order valence-corrected chi connectivity index (χ3v) is 3.87. The highest BCUT2D eigenvalue weighted by Gasteiger charge is 2.23. The Morgan fingerprint density at radius 2 is 2.19 bits per heavy atom. The Bertz CT molecular complexity index is 680. The van der Waals surface area contributed by atoms with E-state index in [2.05, 4.69) is 10.4 Å². The molecule has 0 fully saturated rings. The maximum atomic E-state index is 5.81. The monoisotopic (exact) mass is 302 g/mol. The molecule has 3 N–H and O–H groups in total. The molecule has 0 spiro atoms. The molecule has 5 nitrogen and oxygen atoms in total. The summed E-state index contributed by atoms with van der Waals surface area (Å²) in [6.07, 6.45) is 3.20. The van der Waals surface area contributed by atoms with Gasteiger partial charge in [0.05, 0.1) is 7.11 Å². The van der Waals surface area contributed by atoms with Gasteiger partial charge in [-0.15, -0.1) is 0 Å². The number of thiocarbonyl (C=S) groups is 1. The second-order valence-electron chi connectivity index (χ2n) is 5.01. The van der Waals surface area contributed by atoms with E-state index in [1.54, 1.807) is 11.8 Å². The fourth-order valence-corrected chi connectivity index (χ4v) is 2.85. The van der Waals surface area contributed by atoms with Crippen LogP contribution in [0.15, 0.2) is 24.3 Å². The van der Waals surface area contributed by atoms with Gasteiger partial charge in [-0.3, -0.25) is 0 Å². The molecule has 0 atom stereocenters. The van der Waals surface area contributed by atoms with Crippen molar-refractivity contribution in [3.63, 3.8) is 0 Å². The van der Waals surface area contributed by atoms with Gasteiger partial charge in [0, 0.05) is 17.7 Å². The van der Waals surface area contributed by atoms with Crippen molar-refractivity contribution >= 4 is 23.1 Å². The van der Waals surface area contributed by atoms with Crippen LogP contribution in [0.5, 0.6) is 5.75 Å². The van der Waals surface area contributed by atoms with Crippen LogP contribution in [0.1, 0.15) is 18.4 Å². The molecule has 1 aromatic carbocycles. The summed E-state index contributed by atoms with van der Waals surface area (Å²) < 4.78 is 7.08.